The highest BCUT2D eigenvalue weighted by Gasteiger charge is 2.24. The number of carbonyl (C=O) groups excluding carboxylic acids is 2. The maximum atomic E-state index is 13.1. The van der Waals surface area contributed by atoms with Crippen molar-refractivity contribution in [2.24, 2.45) is 11.5 Å². The standard InChI is InChI=1S/C29H36N4O2/c30-19-8-7-9-22-14-16-23(17-15-22)18-20-32-28(34)26(21-24-10-3-1-4-11-24)33-29(35)27(31)25-12-5-2-6-13-25/h1-6,10-17,26-27H,7-9,18-21,30-31H2,(H,32,34)(H,33,35)/t26-,27+/m0/s1. The Hall–Kier alpha value is -3.48. The summed E-state index contributed by atoms with van der Waals surface area (Å²) >= 11 is 0. The molecule has 0 bridgehead atoms. The van der Waals surface area contributed by atoms with Crippen LogP contribution in [-0.4, -0.2) is 30.9 Å². The summed E-state index contributed by atoms with van der Waals surface area (Å²) in [4.78, 5) is 25.9. The molecule has 0 aliphatic heterocycles. The van der Waals surface area contributed by atoms with Gasteiger partial charge in [-0.15, -0.1) is 0 Å². The van der Waals surface area contributed by atoms with Gasteiger partial charge >= 0.3 is 0 Å². The van der Waals surface area contributed by atoms with Crippen LogP contribution >= 0.6 is 0 Å². The number of aryl methyl sites for hydroxylation is 1. The van der Waals surface area contributed by atoms with Crippen LogP contribution in [0.25, 0.3) is 0 Å². The Morgan fingerprint density at radius 1 is 0.714 bits per heavy atom. The van der Waals surface area contributed by atoms with Crippen molar-refractivity contribution < 1.29 is 9.59 Å². The lowest BCUT2D eigenvalue weighted by Crippen LogP contribution is -2.50. The van der Waals surface area contributed by atoms with Gasteiger partial charge in [0.2, 0.25) is 11.8 Å². The van der Waals surface area contributed by atoms with Gasteiger partial charge in [-0.05, 0) is 54.5 Å². The summed E-state index contributed by atoms with van der Waals surface area (Å²) < 4.78 is 0. The van der Waals surface area contributed by atoms with Gasteiger partial charge in [-0.25, -0.2) is 0 Å². The number of hydrogen-bond acceptors (Lipinski definition) is 4. The third-order valence-corrected chi connectivity index (χ3v) is 6.01. The van der Waals surface area contributed by atoms with E-state index in [0.717, 1.165) is 36.9 Å². The first-order chi connectivity index (χ1) is 17.1. The zero-order valence-electron chi connectivity index (χ0n) is 20.2. The SMILES string of the molecule is NCCCCc1ccc(CCNC(=O)[C@H](Cc2ccccc2)NC(=O)[C@H](N)c2ccccc2)cc1. The van der Waals surface area contributed by atoms with E-state index in [-0.39, 0.29) is 11.8 Å². The highest BCUT2D eigenvalue weighted by Crippen LogP contribution is 2.12. The van der Waals surface area contributed by atoms with Gasteiger partial charge in [-0.2, -0.15) is 0 Å². The molecule has 3 aromatic rings. The molecular weight excluding hydrogens is 436 g/mol. The van der Waals surface area contributed by atoms with Crippen LogP contribution in [0.3, 0.4) is 0 Å². The average Bonchev–Trinajstić information content (AvgIpc) is 2.90. The van der Waals surface area contributed by atoms with E-state index in [2.05, 4.69) is 34.9 Å². The first-order valence-electron chi connectivity index (χ1n) is 12.3. The fourth-order valence-electron chi connectivity index (χ4n) is 3.93. The zero-order chi connectivity index (χ0) is 24.9. The summed E-state index contributed by atoms with van der Waals surface area (Å²) in [6, 6.07) is 25.7. The van der Waals surface area contributed by atoms with Crippen LogP contribution in [0, 0.1) is 0 Å². The zero-order valence-corrected chi connectivity index (χ0v) is 20.2. The van der Waals surface area contributed by atoms with Crippen LogP contribution in [-0.2, 0) is 28.9 Å². The van der Waals surface area contributed by atoms with E-state index in [1.54, 1.807) is 12.1 Å². The van der Waals surface area contributed by atoms with Crippen LogP contribution in [0.5, 0.6) is 0 Å². The van der Waals surface area contributed by atoms with Gasteiger partial charge in [0.15, 0.2) is 0 Å². The van der Waals surface area contributed by atoms with E-state index >= 15 is 0 Å². The molecule has 0 saturated heterocycles. The lowest BCUT2D eigenvalue weighted by atomic mass is 10.0. The lowest BCUT2D eigenvalue weighted by Gasteiger charge is -2.21. The van der Waals surface area contributed by atoms with Crippen molar-refractivity contribution in [2.45, 2.75) is 44.2 Å². The predicted octanol–water partition coefficient (Wildman–Crippen LogP) is 3.05. The minimum atomic E-state index is -0.842. The highest BCUT2D eigenvalue weighted by atomic mass is 16.2. The predicted molar refractivity (Wildman–Crippen MR) is 141 cm³/mol. The van der Waals surface area contributed by atoms with E-state index in [4.69, 9.17) is 11.5 Å². The highest BCUT2D eigenvalue weighted by molar-refractivity contribution is 5.90. The van der Waals surface area contributed by atoms with Crippen molar-refractivity contribution in [3.8, 4) is 0 Å². The van der Waals surface area contributed by atoms with Crippen molar-refractivity contribution in [3.63, 3.8) is 0 Å². The van der Waals surface area contributed by atoms with Gasteiger partial charge in [0, 0.05) is 13.0 Å². The maximum Gasteiger partial charge on any atom is 0.242 e. The summed E-state index contributed by atoms with van der Waals surface area (Å²) in [5.41, 5.74) is 15.8. The molecule has 6 heteroatoms. The molecule has 0 radical (unpaired) electrons. The second kappa shape index (κ2) is 14.0. The fraction of sp³-hybridized carbons (Fsp3) is 0.310. The Bertz CT molecular complexity index is 1040. The van der Waals surface area contributed by atoms with Gasteiger partial charge in [-0.1, -0.05) is 84.9 Å². The molecule has 184 valence electrons. The Balaban J connectivity index is 1.57. The lowest BCUT2D eigenvalue weighted by molar-refractivity contribution is -0.129. The van der Waals surface area contributed by atoms with Crippen molar-refractivity contribution in [3.05, 3.63) is 107 Å². The number of benzene rings is 3. The van der Waals surface area contributed by atoms with Crippen molar-refractivity contribution in [1.29, 1.82) is 0 Å². The summed E-state index contributed by atoms with van der Waals surface area (Å²) in [7, 11) is 0. The molecule has 0 aliphatic carbocycles. The number of amides is 2. The molecule has 3 aromatic carbocycles. The normalized spacial score (nSPS) is 12.5. The topological polar surface area (TPSA) is 110 Å². The Morgan fingerprint density at radius 3 is 1.94 bits per heavy atom. The number of nitrogens with two attached hydrogens (primary N) is 2. The number of nitrogens with one attached hydrogen (secondary N) is 2. The second-order valence-electron chi connectivity index (χ2n) is 8.74. The summed E-state index contributed by atoms with van der Waals surface area (Å²) in [6.07, 6.45) is 4.25. The van der Waals surface area contributed by atoms with Crippen LogP contribution in [0.4, 0.5) is 0 Å². The van der Waals surface area contributed by atoms with Gasteiger partial charge in [-0.3, -0.25) is 9.59 Å². The van der Waals surface area contributed by atoms with E-state index in [0.29, 0.717) is 24.9 Å². The van der Waals surface area contributed by atoms with Crippen molar-refractivity contribution in [2.75, 3.05) is 13.1 Å². The second-order valence-corrected chi connectivity index (χ2v) is 8.74. The smallest absolute Gasteiger partial charge is 0.242 e. The average molecular weight is 473 g/mol. The molecule has 2 atom stereocenters. The van der Waals surface area contributed by atoms with Crippen LogP contribution in [0.2, 0.25) is 0 Å². The third kappa shape index (κ3) is 8.67. The Labute approximate surface area is 208 Å². The molecule has 0 spiro atoms. The van der Waals surface area contributed by atoms with Crippen LogP contribution in [0.1, 0.15) is 41.1 Å². The molecular formula is C29H36N4O2. The fourth-order valence-corrected chi connectivity index (χ4v) is 3.93. The molecule has 6 nitrogen and oxygen atoms in total. The molecule has 0 aromatic heterocycles. The van der Waals surface area contributed by atoms with E-state index in [1.165, 1.54) is 5.56 Å². The van der Waals surface area contributed by atoms with Crippen LogP contribution in [0.15, 0.2) is 84.9 Å². The Morgan fingerprint density at radius 2 is 1.31 bits per heavy atom. The first-order valence-corrected chi connectivity index (χ1v) is 12.3. The van der Waals surface area contributed by atoms with Gasteiger partial charge in [0.05, 0.1) is 0 Å². The maximum absolute atomic E-state index is 13.1. The summed E-state index contributed by atoms with van der Waals surface area (Å²) in [5, 5.41) is 5.84. The summed E-state index contributed by atoms with van der Waals surface area (Å²) in [5.74, 6) is -0.599. The Kier molecular flexibility index (Phi) is 10.5. The third-order valence-electron chi connectivity index (χ3n) is 6.01. The van der Waals surface area contributed by atoms with Gasteiger partial charge in [0.25, 0.3) is 0 Å². The summed E-state index contributed by atoms with van der Waals surface area (Å²) in [6.45, 7) is 1.21. The quantitative estimate of drug-likeness (QED) is 0.287. The van der Waals surface area contributed by atoms with Crippen molar-refractivity contribution >= 4 is 11.8 Å². The number of rotatable bonds is 13. The van der Waals surface area contributed by atoms with E-state index in [1.807, 2.05) is 48.5 Å². The molecule has 0 unspecified atom stereocenters. The first kappa shape index (κ1) is 26.1. The number of hydrogen-bond donors (Lipinski definition) is 4. The minimum absolute atomic E-state index is 0.221. The molecule has 2 amide bonds. The van der Waals surface area contributed by atoms with E-state index < -0.39 is 12.1 Å². The largest absolute Gasteiger partial charge is 0.354 e. The van der Waals surface area contributed by atoms with Crippen LogP contribution < -0.4 is 22.1 Å². The molecule has 0 aliphatic rings. The molecule has 3 rings (SSSR count). The molecule has 35 heavy (non-hydrogen) atoms. The molecule has 6 N–H and O–H groups in total. The molecule has 0 saturated carbocycles. The minimum Gasteiger partial charge on any atom is -0.354 e. The monoisotopic (exact) mass is 472 g/mol. The van der Waals surface area contributed by atoms with Crippen molar-refractivity contribution in [1.82, 2.24) is 10.6 Å². The number of carbonyl (C=O) groups is 2. The molecule has 0 heterocycles. The van der Waals surface area contributed by atoms with Gasteiger partial charge < -0.3 is 22.1 Å². The molecule has 0 fully saturated rings. The van der Waals surface area contributed by atoms with E-state index in [9.17, 15) is 9.59 Å². The van der Waals surface area contributed by atoms with Gasteiger partial charge in [0.1, 0.15) is 12.1 Å². The number of unbranched alkanes of at least 4 members (excludes halogenated alkanes) is 1.